The standard InChI is InChI=1S/C13H16BrNO4S/c1-20(17,18)12-4-2-10(3-5-12)13(16)15-6-7-19-9-11(15)8-14/h2-5,11H,6-9H2,1H3. The van der Waals surface area contributed by atoms with Crippen molar-refractivity contribution in [3.05, 3.63) is 29.8 Å². The number of halogens is 1. The Morgan fingerprint density at radius 3 is 2.60 bits per heavy atom. The topological polar surface area (TPSA) is 63.7 Å². The molecule has 2 rings (SSSR count). The summed E-state index contributed by atoms with van der Waals surface area (Å²) >= 11 is 3.38. The highest BCUT2D eigenvalue weighted by molar-refractivity contribution is 9.09. The third-order valence-corrected chi connectivity index (χ3v) is 5.07. The molecule has 0 saturated carbocycles. The fraction of sp³-hybridized carbons (Fsp3) is 0.462. The second kappa shape index (κ2) is 6.24. The third kappa shape index (κ3) is 3.39. The second-order valence-electron chi connectivity index (χ2n) is 4.68. The van der Waals surface area contributed by atoms with Crippen LogP contribution in [0.1, 0.15) is 10.4 Å². The van der Waals surface area contributed by atoms with Crippen LogP contribution in [0.3, 0.4) is 0 Å². The van der Waals surface area contributed by atoms with Crippen molar-refractivity contribution in [2.75, 3.05) is 31.3 Å². The van der Waals surface area contributed by atoms with E-state index >= 15 is 0 Å². The molecule has 1 atom stereocenters. The van der Waals surface area contributed by atoms with E-state index in [9.17, 15) is 13.2 Å². The molecule has 5 nitrogen and oxygen atoms in total. The molecule has 0 aromatic heterocycles. The van der Waals surface area contributed by atoms with E-state index in [2.05, 4.69) is 15.9 Å². The molecule has 0 aliphatic carbocycles. The Kier molecular flexibility index (Phi) is 4.82. The average Bonchev–Trinajstić information content (AvgIpc) is 2.45. The molecule has 0 N–H and O–H groups in total. The lowest BCUT2D eigenvalue weighted by Gasteiger charge is -2.34. The quantitative estimate of drug-likeness (QED) is 0.761. The fourth-order valence-electron chi connectivity index (χ4n) is 2.06. The summed E-state index contributed by atoms with van der Waals surface area (Å²) < 4.78 is 28.1. The van der Waals surface area contributed by atoms with Gasteiger partial charge in [-0.25, -0.2) is 8.42 Å². The zero-order chi connectivity index (χ0) is 14.8. The van der Waals surface area contributed by atoms with E-state index in [-0.39, 0.29) is 16.8 Å². The first-order chi connectivity index (χ1) is 9.43. The summed E-state index contributed by atoms with van der Waals surface area (Å²) in [5.74, 6) is -0.0993. The van der Waals surface area contributed by atoms with Crippen molar-refractivity contribution < 1.29 is 17.9 Å². The molecule has 1 amide bonds. The molecule has 1 aromatic rings. The SMILES string of the molecule is CS(=O)(=O)c1ccc(C(=O)N2CCOCC2CBr)cc1. The maximum Gasteiger partial charge on any atom is 0.254 e. The maximum atomic E-state index is 12.4. The Morgan fingerprint density at radius 1 is 1.40 bits per heavy atom. The average molecular weight is 362 g/mol. The molecule has 1 aliphatic rings. The van der Waals surface area contributed by atoms with E-state index in [1.807, 2.05) is 0 Å². The molecule has 1 heterocycles. The van der Waals surface area contributed by atoms with Gasteiger partial charge in [-0.1, -0.05) is 15.9 Å². The van der Waals surface area contributed by atoms with Crippen LogP contribution in [-0.4, -0.2) is 56.6 Å². The number of rotatable bonds is 3. The number of nitrogens with zero attached hydrogens (tertiary/aromatic N) is 1. The van der Waals surface area contributed by atoms with Crippen LogP contribution < -0.4 is 0 Å². The van der Waals surface area contributed by atoms with Gasteiger partial charge in [0.05, 0.1) is 24.2 Å². The first-order valence-electron chi connectivity index (χ1n) is 6.18. The minimum atomic E-state index is -3.24. The molecule has 1 fully saturated rings. The van der Waals surface area contributed by atoms with E-state index in [1.54, 1.807) is 17.0 Å². The lowest BCUT2D eigenvalue weighted by Crippen LogP contribution is -2.49. The Labute approximate surface area is 127 Å². The van der Waals surface area contributed by atoms with Gasteiger partial charge in [-0.05, 0) is 24.3 Å². The van der Waals surface area contributed by atoms with Crippen molar-refractivity contribution in [1.82, 2.24) is 4.90 Å². The smallest absolute Gasteiger partial charge is 0.254 e. The van der Waals surface area contributed by atoms with Crippen molar-refractivity contribution in [2.24, 2.45) is 0 Å². The normalized spacial score (nSPS) is 19.9. The van der Waals surface area contributed by atoms with Crippen LogP contribution in [-0.2, 0) is 14.6 Å². The van der Waals surface area contributed by atoms with Crippen molar-refractivity contribution in [2.45, 2.75) is 10.9 Å². The number of carbonyl (C=O) groups is 1. The molecule has 0 spiro atoms. The minimum Gasteiger partial charge on any atom is -0.377 e. The maximum absolute atomic E-state index is 12.4. The molecule has 1 saturated heterocycles. The van der Waals surface area contributed by atoms with Crippen molar-refractivity contribution in [3.63, 3.8) is 0 Å². The molecular formula is C13H16BrNO4S. The number of alkyl halides is 1. The van der Waals surface area contributed by atoms with Gasteiger partial charge < -0.3 is 9.64 Å². The van der Waals surface area contributed by atoms with Crippen LogP contribution in [0.2, 0.25) is 0 Å². The second-order valence-corrected chi connectivity index (χ2v) is 7.34. The zero-order valence-corrected chi connectivity index (χ0v) is 13.5. The molecule has 1 aromatic carbocycles. The molecular weight excluding hydrogens is 346 g/mol. The Hall–Kier alpha value is -0.920. The number of carbonyl (C=O) groups excluding carboxylic acids is 1. The first-order valence-corrected chi connectivity index (χ1v) is 9.19. The van der Waals surface area contributed by atoms with Crippen LogP contribution in [0.15, 0.2) is 29.2 Å². The number of hydrogen-bond acceptors (Lipinski definition) is 4. The number of ether oxygens (including phenoxy) is 1. The van der Waals surface area contributed by atoms with Gasteiger partial charge in [0, 0.05) is 23.7 Å². The van der Waals surface area contributed by atoms with Gasteiger partial charge in [0.25, 0.3) is 5.91 Å². The van der Waals surface area contributed by atoms with E-state index in [1.165, 1.54) is 12.1 Å². The molecule has 1 aliphatic heterocycles. The molecule has 1 unspecified atom stereocenters. The summed E-state index contributed by atoms with van der Waals surface area (Å²) in [4.78, 5) is 14.4. The van der Waals surface area contributed by atoms with E-state index in [0.29, 0.717) is 30.7 Å². The predicted octanol–water partition coefficient (Wildman–Crippen LogP) is 1.33. The largest absolute Gasteiger partial charge is 0.377 e. The number of morpholine rings is 1. The van der Waals surface area contributed by atoms with Crippen molar-refractivity contribution in [3.8, 4) is 0 Å². The van der Waals surface area contributed by atoms with Crippen molar-refractivity contribution >= 4 is 31.7 Å². The summed E-state index contributed by atoms with van der Waals surface area (Å²) in [5, 5.41) is 0.653. The monoisotopic (exact) mass is 361 g/mol. The Morgan fingerprint density at radius 2 is 2.05 bits per heavy atom. The van der Waals surface area contributed by atoms with Gasteiger partial charge in [-0.2, -0.15) is 0 Å². The van der Waals surface area contributed by atoms with E-state index in [0.717, 1.165) is 6.26 Å². The predicted molar refractivity (Wildman–Crippen MR) is 79.0 cm³/mol. The molecule has 0 radical (unpaired) electrons. The number of sulfone groups is 1. The van der Waals surface area contributed by atoms with Gasteiger partial charge in [-0.15, -0.1) is 0 Å². The lowest BCUT2D eigenvalue weighted by atomic mass is 10.1. The lowest BCUT2D eigenvalue weighted by molar-refractivity contribution is 0.00524. The van der Waals surface area contributed by atoms with Crippen LogP contribution in [0, 0.1) is 0 Å². The van der Waals surface area contributed by atoms with E-state index < -0.39 is 9.84 Å². The summed E-state index contributed by atoms with van der Waals surface area (Å²) in [7, 11) is -3.24. The van der Waals surface area contributed by atoms with E-state index in [4.69, 9.17) is 4.74 Å². The van der Waals surface area contributed by atoms with Gasteiger partial charge in [0.2, 0.25) is 0 Å². The highest BCUT2D eigenvalue weighted by atomic mass is 79.9. The number of amides is 1. The van der Waals surface area contributed by atoms with Gasteiger partial charge in [0.1, 0.15) is 0 Å². The number of benzene rings is 1. The molecule has 0 bridgehead atoms. The van der Waals surface area contributed by atoms with Crippen molar-refractivity contribution in [1.29, 1.82) is 0 Å². The first kappa shape index (κ1) is 15.5. The Balaban J connectivity index is 2.20. The summed E-state index contributed by atoms with van der Waals surface area (Å²) in [6, 6.07) is 6.04. The van der Waals surface area contributed by atoms with Crippen LogP contribution in [0.25, 0.3) is 0 Å². The highest BCUT2D eigenvalue weighted by Gasteiger charge is 2.27. The summed E-state index contributed by atoms with van der Waals surface area (Å²) in [6.45, 7) is 1.58. The zero-order valence-electron chi connectivity index (χ0n) is 11.1. The molecule has 110 valence electrons. The summed E-state index contributed by atoms with van der Waals surface area (Å²) in [6.07, 6.45) is 1.15. The fourth-order valence-corrected chi connectivity index (χ4v) is 3.23. The minimum absolute atomic E-state index is 0.00540. The number of hydrogen-bond donors (Lipinski definition) is 0. The van der Waals surface area contributed by atoms with Gasteiger partial charge >= 0.3 is 0 Å². The Bertz CT molecular complexity index is 585. The third-order valence-electron chi connectivity index (χ3n) is 3.20. The van der Waals surface area contributed by atoms with Crippen LogP contribution >= 0.6 is 15.9 Å². The molecule has 7 heteroatoms. The van der Waals surface area contributed by atoms with Gasteiger partial charge in [0.15, 0.2) is 9.84 Å². The van der Waals surface area contributed by atoms with Gasteiger partial charge in [-0.3, -0.25) is 4.79 Å². The van der Waals surface area contributed by atoms with Crippen LogP contribution in [0.4, 0.5) is 0 Å². The highest BCUT2D eigenvalue weighted by Crippen LogP contribution is 2.16. The van der Waals surface area contributed by atoms with Crippen LogP contribution in [0.5, 0.6) is 0 Å². The molecule has 20 heavy (non-hydrogen) atoms. The summed E-state index contributed by atoms with van der Waals surface area (Å²) in [5.41, 5.74) is 0.491.